The van der Waals surface area contributed by atoms with Gasteiger partial charge in [-0.1, -0.05) is 61.0 Å². The Kier molecular flexibility index (Phi) is 14.3. The first-order valence-electron chi connectivity index (χ1n) is 18.3. The molecule has 5 rings (SSSR count). The molecule has 0 radical (unpaired) electrons. The van der Waals surface area contributed by atoms with E-state index in [0.717, 1.165) is 108 Å². The number of ether oxygens (including phenoxy) is 1. The molecule has 0 saturated carbocycles. The number of benzene rings is 3. The van der Waals surface area contributed by atoms with Crippen LogP contribution < -0.4 is 16.0 Å². The third-order valence-corrected chi connectivity index (χ3v) is 9.83. The first kappa shape index (κ1) is 36.4. The van der Waals surface area contributed by atoms with E-state index in [1.807, 2.05) is 73.6 Å². The van der Waals surface area contributed by atoms with Crippen LogP contribution >= 0.6 is 0 Å². The van der Waals surface area contributed by atoms with E-state index in [0.29, 0.717) is 13.0 Å². The fourth-order valence-corrected chi connectivity index (χ4v) is 6.81. The number of fused-ring (bicyclic) bond motifs is 1. The molecule has 3 aromatic carbocycles. The summed E-state index contributed by atoms with van der Waals surface area (Å²) in [5.41, 5.74) is 6.91. The minimum Gasteiger partial charge on any atom is -0.446 e. The number of unbranched alkanes of at least 4 members (excludes halogenated alkanes) is 2. The number of hydrogen-bond acceptors (Lipinski definition) is 7. The Balaban J connectivity index is 0.906. The Morgan fingerprint density at radius 1 is 0.837 bits per heavy atom. The predicted molar refractivity (Wildman–Crippen MR) is 200 cm³/mol. The van der Waals surface area contributed by atoms with Crippen LogP contribution in [0.5, 0.6) is 0 Å². The van der Waals surface area contributed by atoms with Crippen LogP contribution in [0, 0.1) is 0 Å². The van der Waals surface area contributed by atoms with Crippen molar-refractivity contribution in [2.24, 2.45) is 0 Å². The second kappa shape index (κ2) is 19.3. The maximum atomic E-state index is 12.8. The van der Waals surface area contributed by atoms with Gasteiger partial charge in [0.25, 0.3) is 0 Å². The third kappa shape index (κ3) is 11.6. The smallest absolute Gasteiger partial charge is 0.411 e. The van der Waals surface area contributed by atoms with Crippen molar-refractivity contribution in [3.05, 3.63) is 83.9 Å². The molecule has 3 N–H and O–H groups in total. The Morgan fingerprint density at radius 2 is 1.63 bits per heavy atom. The molecular weight excluding hydrogens is 612 g/mol. The van der Waals surface area contributed by atoms with Crippen LogP contribution in [0.1, 0.15) is 56.1 Å². The lowest BCUT2D eigenvalue weighted by molar-refractivity contribution is -0.130. The molecule has 0 spiro atoms. The molecule has 9 nitrogen and oxygen atoms in total. The van der Waals surface area contributed by atoms with Gasteiger partial charge in [-0.05, 0) is 93.6 Å². The predicted octanol–water partition coefficient (Wildman–Crippen LogP) is 6.47. The van der Waals surface area contributed by atoms with Crippen molar-refractivity contribution in [2.45, 2.75) is 64.0 Å². The molecule has 1 fully saturated rings. The Labute approximate surface area is 293 Å². The zero-order valence-electron chi connectivity index (χ0n) is 29.6. The number of carbonyl (C=O) groups excluding carboxylic acids is 2. The highest BCUT2D eigenvalue weighted by Crippen LogP contribution is 2.28. The number of para-hydroxylation sites is 1. The first-order valence-corrected chi connectivity index (χ1v) is 18.3. The molecule has 264 valence electrons. The molecule has 0 bridgehead atoms. The van der Waals surface area contributed by atoms with Crippen molar-refractivity contribution in [2.75, 3.05) is 77.1 Å². The van der Waals surface area contributed by atoms with E-state index < -0.39 is 6.09 Å². The van der Waals surface area contributed by atoms with E-state index in [1.165, 1.54) is 23.2 Å². The number of likely N-dealkylation sites (tertiary alicyclic amines) is 1. The van der Waals surface area contributed by atoms with Crippen LogP contribution in [0.3, 0.4) is 0 Å². The van der Waals surface area contributed by atoms with Crippen LogP contribution in [0.2, 0.25) is 0 Å². The largest absolute Gasteiger partial charge is 0.446 e. The Morgan fingerprint density at radius 3 is 2.45 bits per heavy atom. The van der Waals surface area contributed by atoms with Gasteiger partial charge in [0, 0.05) is 70.5 Å². The van der Waals surface area contributed by atoms with Crippen molar-refractivity contribution < 1.29 is 14.3 Å². The zero-order chi connectivity index (χ0) is 34.3. The molecule has 2 amide bonds. The van der Waals surface area contributed by atoms with E-state index in [4.69, 9.17) is 4.74 Å². The standard InChI is InChI=1S/C40H56N6O3/c1-41-22-11-24-46-25-19-33-30-35(18-17-34(33)31-46)42-23-10-4-7-16-39(47)44(2)28-29-45-26-20-36(21-27-45)49-40(48)43-38-15-9-8-14-37(38)32-12-5-3-6-13-32/h3,5-6,8-9,12-15,17-18,30,36,41-42H,4,7,10-11,16,19-29,31H2,1-2H3,(H,43,48). The van der Waals surface area contributed by atoms with Gasteiger partial charge in [0.15, 0.2) is 0 Å². The molecule has 9 heteroatoms. The van der Waals surface area contributed by atoms with Crippen molar-refractivity contribution in [3.8, 4) is 11.1 Å². The van der Waals surface area contributed by atoms with Gasteiger partial charge in [0.2, 0.25) is 5.91 Å². The monoisotopic (exact) mass is 668 g/mol. The van der Waals surface area contributed by atoms with Gasteiger partial charge >= 0.3 is 6.09 Å². The van der Waals surface area contributed by atoms with Gasteiger partial charge in [-0.25, -0.2) is 4.79 Å². The quantitative estimate of drug-likeness (QED) is 0.142. The fraction of sp³-hybridized carbons (Fsp3) is 0.500. The van der Waals surface area contributed by atoms with Crippen LogP contribution in [0.25, 0.3) is 11.1 Å². The summed E-state index contributed by atoms with van der Waals surface area (Å²) in [4.78, 5) is 32.3. The summed E-state index contributed by atoms with van der Waals surface area (Å²) in [7, 11) is 3.93. The molecule has 0 aromatic heterocycles. The second-order valence-corrected chi connectivity index (χ2v) is 13.5. The summed E-state index contributed by atoms with van der Waals surface area (Å²) in [5, 5.41) is 9.78. The van der Waals surface area contributed by atoms with Crippen molar-refractivity contribution in [1.82, 2.24) is 20.0 Å². The third-order valence-electron chi connectivity index (χ3n) is 9.83. The lowest BCUT2D eigenvalue weighted by atomic mass is 9.99. The highest BCUT2D eigenvalue weighted by molar-refractivity contribution is 5.91. The molecular formula is C40H56N6O3. The topological polar surface area (TPSA) is 89.2 Å². The van der Waals surface area contributed by atoms with Gasteiger partial charge < -0.3 is 25.2 Å². The van der Waals surface area contributed by atoms with Crippen LogP contribution in [0.15, 0.2) is 72.8 Å². The Hall–Kier alpha value is -3.92. The normalized spacial score (nSPS) is 15.4. The maximum absolute atomic E-state index is 12.8. The summed E-state index contributed by atoms with van der Waals surface area (Å²) in [5.74, 6) is 0.216. The summed E-state index contributed by atoms with van der Waals surface area (Å²) >= 11 is 0. The highest BCUT2D eigenvalue weighted by Gasteiger charge is 2.23. The lowest BCUT2D eigenvalue weighted by Crippen LogP contribution is -2.42. The van der Waals surface area contributed by atoms with Gasteiger partial charge in [0.1, 0.15) is 6.10 Å². The van der Waals surface area contributed by atoms with Gasteiger partial charge in [-0.3, -0.25) is 15.0 Å². The summed E-state index contributed by atoms with van der Waals surface area (Å²) < 4.78 is 5.79. The van der Waals surface area contributed by atoms with Crippen molar-refractivity contribution in [3.63, 3.8) is 0 Å². The van der Waals surface area contributed by atoms with Gasteiger partial charge in [-0.15, -0.1) is 0 Å². The number of nitrogens with zero attached hydrogens (tertiary/aromatic N) is 3. The second-order valence-electron chi connectivity index (χ2n) is 13.5. The average molecular weight is 669 g/mol. The van der Waals surface area contributed by atoms with Crippen LogP contribution in [-0.4, -0.2) is 99.3 Å². The number of carbonyl (C=O) groups is 2. The van der Waals surface area contributed by atoms with E-state index in [-0.39, 0.29) is 12.0 Å². The number of hydrogen-bond donors (Lipinski definition) is 3. The number of likely N-dealkylation sites (N-methyl/N-ethyl adjacent to an activating group) is 1. The number of nitrogens with one attached hydrogen (secondary N) is 3. The number of piperidine rings is 1. The van der Waals surface area contributed by atoms with E-state index >= 15 is 0 Å². The van der Waals surface area contributed by atoms with E-state index in [1.54, 1.807) is 0 Å². The van der Waals surface area contributed by atoms with Gasteiger partial charge in [-0.2, -0.15) is 0 Å². The molecule has 0 unspecified atom stereocenters. The Bertz CT molecular complexity index is 1460. The SMILES string of the molecule is CNCCCN1CCc2cc(NCCCCCC(=O)N(C)CCN3CCC(OC(=O)Nc4ccccc4-c4ccccc4)CC3)ccc2C1. The van der Waals surface area contributed by atoms with Crippen molar-refractivity contribution >= 4 is 23.4 Å². The molecule has 3 aromatic rings. The summed E-state index contributed by atoms with van der Waals surface area (Å²) in [6, 6.07) is 24.6. The number of rotatable bonds is 17. The first-order chi connectivity index (χ1) is 24.0. The van der Waals surface area contributed by atoms with Crippen LogP contribution in [0.4, 0.5) is 16.2 Å². The van der Waals surface area contributed by atoms with Crippen LogP contribution in [-0.2, 0) is 22.5 Å². The zero-order valence-corrected chi connectivity index (χ0v) is 29.6. The number of anilines is 2. The van der Waals surface area contributed by atoms with Gasteiger partial charge in [0.05, 0.1) is 5.69 Å². The number of amides is 2. The summed E-state index contributed by atoms with van der Waals surface area (Å²) in [6.07, 6.45) is 6.99. The molecule has 0 aliphatic carbocycles. The minimum absolute atomic E-state index is 0.106. The highest BCUT2D eigenvalue weighted by atomic mass is 16.6. The van der Waals surface area contributed by atoms with E-state index in [2.05, 4.69) is 43.9 Å². The molecule has 0 atom stereocenters. The lowest BCUT2D eigenvalue weighted by Gasteiger charge is -2.32. The average Bonchev–Trinajstić information content (AvgIpc) is 3.13. The molecule has 2 heterocycles. The fourth-order valence-electron chi connectivity index (χ4n) is 6.81. The molecule has 2 aliphatic heterocycles. The maximum Gasteiger partial charge on any atom is 0.411 e. The minimum atomic E-state index is -0.412. The summed E-state index contributed by atoms with van der Waals surface area (Å²) in [6.45, 7) is 8.62. The van der Waals surface area contributed by atoms with E-state index in [9.17, 15) is 9.59 Å². The van der Waals surface area contributed by atoms with Crippen molar-refractivity contribution in [1.29, 1.82) is 0 Å². The molecule has 1 saturated heterocycles. The molecule has 49 heavy (non-hydrogen) atoms. The molecule has 2 aliphatic rings.